The smallest absolute Gasteiger partial charge is 0.264 e. The number of benzene rings is 4. The van der Waals surface area contributed by atoms with E-state index in [-0.39, 0.29) is 23.8 Å². The number of amides is 2. The minimum Gasteiger partial charge on any atom is -0.357 e. The van der Waals surface area contributed by atoms with Crippen molar-refractivity contribution in [3.63, 3.8) is 0 Å². The van der Waals surface area contributed by atoms with E-state index in [9.17, 15) is 18.0 Å². The van der Waals surface area contributed by atoms with Crippen molar-refractivity contribution in [2.24, 2.45) is 0 Å². The fraction of sp³-hybridized carbons (Fsp3) is 0.235. The average Bonchev–Trinajstić information content (AvgIpc) is 2.98. The van der Waals surface area contributed by atoms with Gasteiger partial charge in [-0.25, -0.2) is 8.42 Å². The molecule has 2 amide bonds. The molecule has 0 aliphatic heterocycles. The SMILES string of the molecule is CNC(=O)[C@@H](Cc1ccccc1)N(Cc1cccc(C)c1)C(=O)CN(c1ccc(C)cc1C)S(=O)(=O)c1ccccc1. The summed E-state index contributed by atoms with van der Waals surface area (Å²) in [4.78, 5) is 29.3. The third kappa shape index (κ3) is 7.25. The summed E-state index contributed by atoms with van der Waals surface area (Å²) in [6.45, 7) is 5.38. The summed E-state index contributed by atoms with van der Waals surface area (Å²) in [6, 6.07) is 29.9. The number of carbonyl (C=O) groups excluding carboxylic acids is 2. The zero-order valence-corrected chi connectivity index (χ0v) is 25.3. The molecule has 0 saturated heterocycles. The molecule has 1 atom stereocenters. The predicted molar refractivity (Wildman–Crippen MR) is 167 cm³/mol. The van der Waals surface area contributed by atoms with Gasteiger partial charge in [0.2, 0.25) is 11.8 Å². The van der Waals surface area contributed by atoms with Gasteiger partial charge in [-0.05, 0) is 55.7 Å². The number of hydrogen-bond acceptors (Lipinski definition) is 4. The van der Waals surface area contributed by atoms with Crippen molar-refractivity contribution in [3.8, 4) is 0 Å². The van der Waals surface area contributed by atoms with E-state index in [1.165, 1.54) is 24.1 Å². The maximum atomic E-state index is 14.4. The lowest BCUT2D eigenvalue weighted by atomic mass is 10.0. The van der Waals surface area contributed by atoms with E-state index >= 15 is 0 Å². The van der Waals surface area contributed by atoms with Crippen LogP contribution >= 0.6 is 0 Å². The van der Waals surface area contributed by atoms with Crippen LogP contribution in [-0.4, -0.2) is 44.8 Å². The van der Waals surface area contributed by atoms with E-state index in [0.29, 0.717) is 5.69 Å². The van der Waals surface area contributed by atoms with E-state index in [4.69, 9.17) is 0 Å². The number of nitrogens with zero attached hydrogens (tertiary/aromatic N) is 2. The molecule has 0 fully saturated rings. The molecule has 7 nitrogen and oxygen atoms in total. The summed E-state index contributed by atoms with van der Waals surface area (Å²) in [5, 5.41) is 2.71. The van der Waals surface area contributed by atoms with Gasteiger partial charge in [0.05, 0.1) is 10.6 Å². The Morgan fingerprint density at radius 1 is 0.762 bits per heavy atom. The monoisotopic (exact) mass is 583 g/mol. The lowest BCUT2D eigenvalue weighted by molar-refractivity contribution is -0.139. The molecule has 0 saturated carbocycles. The van der Waals surface area contributed by atoms with Crippen LogP contribution in [0.1, 0.15) is 27.8 Å². The standard InChI is InChI=1S/C34H37N3O4S/c1-25-12-11-15-29(21-25)23-36(32(34(39)35-4)22-28-13-7-5-8-14-28)33(38)24-37(31-19-18-26(2)20-27(31)3)42(40,41)30-16-9-6-10-17-30/h5-21,32H,22-24H2,1-4H3,(H,35,39)/t32-/m1/s1. The second-order valence-electron chi connectivity index (χ2n) is 10.4. The van der Waals surface area contributed by atoms with E-state index in [2.05, 4.69) is 5.32 Å². The van der Waals surface area contributed by atoms with E-state index in [1.807, 2.05) is 87.5 Å². The van der Waals surface area contributed by atoms with Crippen molar-refractivity contribution >= 4 is 27.5 Å². The quantitative estimate of drug-likeness (QED) is 0.263. The highest BCUT2D eigenvalue weighted by molar-refractivity contribution is 7.92. The van der Waals surface area contributed by atoms with Crippen LogP contribution in [0.4, 0.5) is 5.69 Å². The number of rotatable bonds is 11. The van der Waals surface area contributed by atoms with Gasteiger partial charge < -0.3 is 10.2 Å². The van der Waals surface area contributed by atoms with Crippen LogP contribution in [0.2, 0.25) is 0 Å². The molecule has 0 spiro atoms. The molecule has 0 radical (unpaired) electrons. The number of aryl methyl sites for hydroxylation is 3. The van der Waals surface area contributed by atoms with Crippen molar-refractivity contribution in [2.75, 3.05) is 17.9 Å². The number of carbonyl (C=O) groups is 2. The first-order valence-corrected chi connectivity index (χ1v) is 15.3. The summed E-state index contributed by atoms with van der Waals surface area (Å²) >= 11 is 0. The van der Waals surface area contributed by atoms with Gasteiger partial charge in [0.25, 0.3) is 10.0 Å². The Hall–Kier alpha value is -4.43. The van der Waals surface area contributed by atoms with Crippen LogP contribution < -0.4 is 9.62 Å². The number of likely N-dealkylation sites (N-methyl/N-ethyl adjacent to an activating group) is 1. The first-order valence-electron chi connectivity index (χ1n) is 13.9. The molecule has 0 aliphatic rings. The Bertz CT molecular complexity index is 1640. The first kappa shape index (κ1) is 30.5. The van der Waals surface area contributed by atoms with Gasteiger partial charge in [0.1, 0.15) is 12.6 Å². The fourth-order valence-corrected chi connectivity index (χ4v) is 6.55. The second kappa shape index (κ2) is 13.5. The maximum absolute atomic E-state index is 14.4. The van der Waals surface area contributed by atoms with Gasteiger partial charge in [-0.2, -0.15) is 0 Å². The molecule has 4 aromatic carbocycles. The molecule has 8 heteroatoms. The van der Waals surface area contributed by atoms with Gasteiger partial charge in [-0.3, -0.25) is 13.9 Å². The van der Waals surface area contributed by atoms with Gasteiger partial charge in [0, 0.05) is 20.0 Å². The maximum Gasteiger partial charge on any atom is 0.264 e. The van der Waals surface area contributed by atoms with Crippen molar-refractivity contribution in [3.05, 3.63) is 131 Å². The Labute approximate surface area is 248 Å². The second-order valence-corrected chi connectivity index (χ2v) is 12.3. The summed E-state index contributed by atoms with van der Waals surface area (Å²) in [5.41, 5.74) is 4.85. The van der Waals surface area contributed by atoms with Gasteiger partial charge >= 0.3 is 0 Å². The van der Waals surface area contributed by atoms with Crippen LogP contribution in [0.25, 0.3) is 0 Å². The van der Waals surface area contributed by atoms with Crippen molar-refractivity contribution in [1.82, 2.24) is 10.2 Å². The Morgan fingerprint density at radius 3 is 2.00 bits per heavy atom. The lowest BCUT2D eigenvalue weighted by Gasteiger charge is -2.34. The lowest BCUT2D eigenvalue weighted by Crippen LogP contribution is -2.53. The highest BCUT2D eigenvalue weighted by atomic mass is 32.2. The highest BCUT2D eigenvalue weighted by Crippen LogP contribution is 2.28. The normalized spacial score (nSPS) is 11.9. The molecular weight excluding hydrogens is 546 g/mol. The van der Waals surface area contributed by atoms with Gasteiger partial charge in [0.15, 0.2) is 0 Å². The summed E-state index contributed by atoms with van der Waals surface area (Å²) < 4.78 is 29.3. The first-order chi connectivity index (χ1) is 20.1. The van der Waals surface area contributed by atoms with Crippen molar-refractivity contribution in [2.45, 2.75) is 44.7 Å². The molecule has 0 aliphatic carbocycles. The Kier molecular flexibility index (Phi) is 9.80. The number of anilines is 1. The van der Waals surface area contributed by atoms with Crippen LogP contribution in [-0.2, 0) is 32.6 Å². The molecule has 218 valence electrons. The third-order valence-corrected chi connectivity index (χ3v) is 8.96. The Morgan fingerprint density at radius 2 is 1.38 bits per heavy atom. The highest BCUT2D eigenvalue weighted by Gasteiger charge is 2.34. The number of sulfonamides is 1. The van der Waals surface area contributed by atoms with E-state index < -0.39 is 28.5 Å². The summed E-state index contributed by atoms with van der Waals surface area (Å²) in [7, 11) is -2.58. The molecule has 4 aromatic rings. The molecule has 0 heterocycles. The fourth-order valence-electron chi connectivity index (χ4n) is 5.05. The zero-order valence-electron chi connectivity index (χ0n) is 24.4. The van der Waals surface area contributed by atoms with Crippen molar-refractivity contribution in [1.29, 1.82) is 0 Å². The van der Waals surface area contributed by atoms with Crippen LogP contribution in [0.3, 0.4) is 0 Å². The Balaban J connectivity index is 1.81. The predicted octanol–water partition coefficient (Wildman–Crippen LogP) is 5.19. The third-order valence-electron chi connectivity index (χ3n) is 7.18. The number of nitrogens with one attached hydrogen (secondary N) is 1. The summed E-state index contributed by atoms with van der Waals surface area (Å²) in [5.74, 6) is -0.815. The van der Waals surface area contributed by atoms with Crippen LogP contribution in [0.5, 0.6) is 0 Å². The largest absolute Gasteiger partial charge is 0.357 e. The average molecular weight is 584 g/mol. The van der Waals surface area contributed by atoms with Gasteiger partial charge in [-0.1, -0.05) is 96.1 Å². The molecule has 4 rings (SSSR count). The molecule has 0 aromatic heterocycles. The topological polar surface area (TPSA) is 86.8 Å². The van der Waals surface area contributed by atoms with E-state index in [0.717, 1.165) is 32.1 Å². The molecule has 0 unspecified atom stereocenters. The minimum atomic E-state index is -4.12. The molecular formula is C34H37N3O4S. The van der Waals surface area contributed by atoms with Crippen molar-refractivity contribution < 1.29 is 18.0 Å². The summed E-state index contributed by atoms with van der Waals surface area (Å²) in [6.07, 6.45) is 0.271. The van der Waals surface area contributed by atoms with Gasteiger partial charge in [-0.15, -0.1) is 0 Å². The molecule has 0 bridgehead atoms. The van der Waals surface area contributed by atoms with Crippen LogP contribution in [0, 0.1) is 20.8 Å². The van der Waals surface area contributed by atoms with E-state index in [1.54, 1.807) is 24.3 Å². The molecule has 42 heavy (non-hydrogen) atoms. The minimum absolute atomic E-state index is 0.0788. The van der Waals surface area contributed by atoms with Crippen LogP contribution in [0.15, 0.2) is 108 Å². The molecule has 1 N–H and O–H groups in total. The number of hydrogen-bond donors (Lipinski definition) is 1. The zero-order chi connectivity index (χ0) is 30.3.